The van der Waals surface area contributed by atoms with Crippen LogP contribution in [0, 0.1) is 0 Å². The van der Waals surface area contributed by atoms with Crippen LogP contribution in [0.25, 0.3) is 0 Å². The molecule has 1 aliphatic rings. The average Bonchev–Trinajstić information content (AvgIpc) is 3.00. The van der Waals surface area contributed by atoms with Crippen LogP contribution in [0.15, 0.2) is 6.33 Å². The quantitative estimate of drug-likeness (QED) is 0.748. The number of aryl methyl sites for hydroxylation is 1. The number of nitrogens with one attached hydrogen (secondary N) is 1. The number of carbonyl (C=O) groups is 2. The highest BCUT2D eigenvalue weighted by atomic mass is 16.2. The summed E-state index contributed by atoms with van der Waals surface area (Å²) in [5.74, 6) is 0.709. The van der Waals surface area contributed by atoms with Gasteiger partial charge in [0.15, 0.2) is 0 Å². The lowest BCUT2D eigenvalue weighted by molar-refractivity contribution is -0.121. The molecule has 1 fully saturated rings. The number of rotatable bonds is 6. The predicted molar refractivity (Wildman–Crippen MR) is 72.0 cm³/mol. The molecule has 0 atom stereocenters. The molecule has 1 aromatic rings. The Bertz CT molecular complexity index is 486. The summed E-state index contributed by atoms with van der Waals surface area (Å²) < 4.78 is 1.94. The zero-order valence-corrected chi connectivity index (χ0v) is 11.9. The van der Waals surface area contributed by atoms with Crippen LogP contribution < -0.4 is 5.32 Å². The van der Waals surface area contributed by atoms with Crippen molar-refractivity contribution in [3.05, 3.63) is 12.2 Å². The summed E-state index contributed by atoms with van der Waals surface area (Å²) >= 11 is 0. The molecule has 8 heteroatoms. The smallest absolute Gasteiger partial charge is 0.320 e. The molecule has 1 N–H and O–H groups in total. The van der Waals surface area contributed by atoms with Crippen molar-refractivity contribution >= 4 is 11.9 Å². The van der Waals surface area contributed by atoms with Crippen molar-refractivity contribution in [2.24, 2.45) is 0 Å². The molecule has 8 nitrogen and oxygen atoms in total. The van der Waals surface area contributed by atoms with E-state index in [1.165, 1.54) is 0 Å². The van der Waals surface area contributed by atoms with E-state index in [1.807, 2.05) is 11.5 Å². The summed E-state index contributed by atoms with van der Waals surface area (Å²) in [4.78, 5) is 26.6. The lowest BCUT2D eigenvalue weighted by Gasteiger charge is -2.15. The van der Waals surface area contributed by atoms with Crippen LogP contribution in [0.5, 0.6) is 0 Å². The normalized spacial score (nSPS) is 15.0. The van der Waals surface area contributed by atoms with Gasteiger partial charge in [-0.2, -0.15) is 0 Å². The molecule has 2 rings (SSSR count). The van der Waals surface area contributed by atoms with Crippen molar-refractivity contribution in [3.8, 4) is 0 Å². The zero-order valence-electron chi connectivity index (χ0n) is 11.9. The van der Waals surface area contributed by atoms with Crippen molar-refractivity contribution in [3.63, 3.8) is 0 Å². The topological polar surface area (TPSA) is 83.4 Å². The largest absolute Gasteiger partial charge is 0.354 e. The number of likely N-dealkylation sites (N-methyl/N-ethyl adjacent to an activating group) is 1. The van der Waals surface area contributed by atoms with Gasteiger partial charge in [0.1, 0.15) is 18.7 Å². The summed E-state index contributed by atoms with van der Waals surface area (Å²) in [5.41, 5.74) is 0. The third-order valence-electron chi connectivity index (χ3n) is 3.34. The van der Waals surface area contributed by atoms with Crippen molar-refractivity contribution in [2.45, 2.75) is 19.9 Å². The Kier molecular flexibility index (Phi) is 4.54. The van der Waals surface area contributed by atoms with Crippen LogP contribution in [0.2, 0.25) is 0 Å². The van der Waals surface area contributed by atoms with Crippen molar-refractivity contribution in [2.75, 3.05) is 33.2 Å². The maximum atomic E-state index is 11.8. The summed E-state index contributed by atoms with van der Waals surface area (Å²) in [6, 6.07) is -0.0918. The third-order valence-corrected chi connectivity index (χ3v) is 3.34. The van der Waals surface area contributed by atoms with Crippen LogP contribution in [0.3, 0.4) is 0 Å². The van der Waals surface area contributed by atoms with Gasteiger partial charge in [-0.3, -0.25) is 4.79 Å². The summed E-state index contributed by atoms with van der Waals surface area (Å²) in [5, 5.41) is 10.6. The first-order chi connectivity index (χ1) is 9.61. The molecule has 110 valence electrons. The summed E-state index contributed by atoms with van der Waals surface area (Å²) in [6.07, 6.45) is 2.31. The maximum Gasteiger partial charge on any atom is 0.320 e. The number of hydrogen-bond donors (Lipinski definition) is 1. The summed E-state index contributed by atoms with van der Waals surface area (Å²) in [7, 11) is 1.73. The Morgan fingerprint density at radius 3 is 2.90 bits per heavy atom. The molecule has 0 aliphatic carbocycles. The van der Waals surface area contributed by atoms with E-state index in [0.29, 0.717) is 26.1 Å². The molecule has 2 heterocycles. The lowest BCUT2D eigenvalue weighted by Crippen LogP contribution is -2.40. The number of amides is 3. The van der Waals surface area contributed by atoms with Gasteiger partial charge in [0, 0.05) is 39.6 Å². The van der Waals surface area contributed by atoms with Crippen LogP contribution in [0.4, 0.5) is 4.79 Å². The van der Waals surface area contributed by atoms with Crippen LogP contribution in [-0.2, 0) is 17.8 Å². The van der Waals surface area contributed by atoms with E-state index in [-0.39, 0.29) is 18.5 Å². The number of carbonyl (C=O) groups excluding carboxylic acids is 2. The molecule has 0 bridgehead atoms. The van der Waals surface area contributed by atoms with E-state index in [2.05, 4.69) is 15.5 Å². The first-order valence-electron chi connectivity index (χ1n) is 6.75. The van der Waals surface area contributed by atoms with Crippen molar-refractivity contribution < 1.29 is 9.59 Å². The van der Waals surface area contributed by atoms with E-state index in [0.717, 1.165) is 12.4 Å². The molecule has 0 unspecified atom stereocenters. The lowest BCUT2D eigenvalue weighted by atomic mass is 10.4. The minimum Gasteiger partial charge on any atom is -0.354 e. The summed E-state index contributed by atoms with van der Waals surface area (Å²) in [6.45, 7) is 4.71. The van der Waals surface area contributed by atoms with Gasteiger partial charge in [0.2, 0.25) is 5.91 Å². The van der Waals surface area contributed by atoms with Gasteiger partial charge >= 0.3 is 6.03 Å². The van der Waals surface area contributed by atoms with E-state index in [1.54, 1.807) is 23.2 Å². The Morgan fingerprint density at radius 2 is 2.25 bits per heavy atom. The first kappa shape index (κ1) is 14.3. The fourth-order valence-electron chi connectivity index (χ4n) is 2.13. The van der Waals surface area contributed by atoms with Gasteiger partial charge in [-0.1, -0.05) is 0 Å². The van der Waals surface area contributed by atoms with Gasteiger partial charge in [0.05, 0.1) is 0 Å². The van der Waals surface area contributed by atoms with Gasteiger partial charge < -0.3 is 19.7 Å². The second kappa shape index (κ2) is 6.36. The van der Waals surface area contributed by atoms with E-state index in [9.17, 15) is 9.59 Å². The molecule has 1 aromatic heterocycles. The molecule has 1 saturated heterocycles. The van der Waals surface area contributed by atoms with Gasteiger partial charge in [0.25, 0.3) is 0 Å². The minimum atomic E-state index is -0.142. The number of nitrogens with zero attached hydrogens (tertiary/aromatic N) is 5. The zero-order chi connectivity index (χ0) is 14.5. The molecule has 3 amide bonds. The van der Waals surface area contributed by atoms with Crippen LogP contribution in [0.1, 0.15) is 12.7 Å². The monoisotopic (exact) mass is 280 g/mol. The van der Waals surface area contributed by atoms with E-state index in [4.69, 9.17) is 0 Å². The number of hydrogen-bond acceptors (Lipinski definition) is 4. The highest BCUT2D eigenvalue weighted by molar-refractivity contribution is 5.84. The highest BCUT2D eigenvalue weighted by Gasteiger charge is 2.26. The van der Waals surface area contributed by atoms with Gasteiger partial charge in [-0.15, -0.1) is 10.2 Å². The molecular weight excluding hydrogens is 260 g/mol. The Labute approximate surface area is 117 Å². The fourth-order valence-corrected chi connectivity index (χ4v) is 2.13. The SMILES string of the molecule is CCn1cnnc1CCNC(=O)CN1CCN(C)C1=O. The molecule has 0 saturated carbocycles. The second-order valence-corrected chi connectivity index (χ2v) is 4.76. The number of urea groups is 1. The Morgan fingerprint density at radius 1 is 1.45 bits per heavy atom. The van der Waals surface area contributed by atoms with Gasteiger partial charge in [-0.05, 0) is 6.92 Å². The predicted octanol–water partition coefficient (Wildman–Crippen LogP) is -0.676. The minimum absolute atomic E-state index is 0.0918. The first-order valence-corrected chi connectivity index (χ1v) is 6.75. The highest BCUT2D eigenvalue weighted by Crippen LogP contribution is 2.04. The molecule has 20 heavy (non-hydrogen) atoms. The van der Waals surface area contributed by atoms with Crippen molar-refractivity contribution in [1.29, 1.82) is 0 Å². The Balaban J connectivity index is 1.72. The fraction of sp³-hybridized carbons (Fsp3) is 0.667. The molecule has 0 radical (unpaired) electrons. The Hall–Kier alpha value is -2.12. The standard InChI is InChI=1S/C12H20N6O2/c1-3-17-9-14-15-10(17)4-5-13-11(19)8-18-7-6-16(2)12(18)20/h9H,3-8H2,1-2H3,(H,13,19). The molecule has 1 aliphatic heterocycles. The molecular formula is C12H20N6O2. The van der Waals surface area contributed by atoms with E-state index >= 15 is 0 Å². The second-order valence-electron chi connectivity index (χ2n) is 4.76. The maximum absolute atomic E-state index is 11.8. The van der Waals surface area contributed by atoms with E-state index < -0.39 is 0 Å². The van der Waals surface area contributed by atoms with Crippen LogP contribution in [-0.4, -0.2) is 69.7 Å². The molecule has 0 aromatic carbocycles. The average molecular weight is 280 g/mol. The molecule has 0 spiro atoms. The van der Waals surface area contributed by atoms with Crippen molar-refractivity contribution in [1.82, 2.24) is 29.9 Å². The number of aromatic nitrogens is 3. The van der Waals surface area contributed by atoms with Crippen LogP contribution >= 0.6 is 0 Å². The third kappa shape index (κ3) is 3.25. The van der Waals surface area contributed by atoms with Gasteiger partial charge in [-0.25, -0.2) is 4.79 Å².